The summed E-state index contributed by atoms with van der Waals surface area (Å²) in [7, 11) is 1.02. The van der Waals surface area contributed by atoms with Gasteiger partial charge in [-0.25, -0.2) is 4.98 Å². The first-order valence-electron chi connectivity index (χ1n) is 7.68. The molecule has 3 aromatic rings. The summed E-state index contributed by atoms with van der Waals surface area (Å²) in [5, 5.41) is 6.71. The standard InChI is InChI=1S/C16H10ClF5N4O2S/c1-26-12(16(20,21)22)10(17)11(25-26)13(27)24-15-23-9(6-29-15)7-2-4-8(5-3-7)28-14(18)19/h2-6,14H,1H3,(H,23,24,27). The molecule has 0 radical (unpaired) electrons. The molecule has 0 atom stereocenters. The quantitative estimate of drug-likeness (QED) is 0.549. The predicted octanol–water partition coefficient (Wildman–Crippen LogP) is 5.07. The van der Waals surface area contributed by atoms with E-state index in [1.54, 1.807) is 5.38 Å². The SMILES string of the molecule is Cn1nc(C(=O)Nc2nc(-c3ccc(OC(F)F)cc3)cs2)c(Cl)c1C(F)(F)F. The highest BCUT2D eigenvalue weighted by Gasteiger charge is 2.40. The number of carbonyl (C=O) groups excluding carboxylic acids is 1. The van der Waals surface area contributed by atoms with E-state index in [0.29, 0.717) is 15.9 Å². The lowest BCUT2D eigenvalue weighted by Gasteiger charge is -2.06. The van der Waals surface area contributed by atoms with E-state index in [1.807, 2.05) is 0 Å². The molecule has 0 aliphatic heterocycles. The molecule has 1 N–H and O–H groups in total. The molecule has 0 unspecified atom stereocenters. The van der Waals surface area contributed by atoms with Gasteiger partial charge in [-0.2, -0.15) is 27.1 Å². The molecule has 0 aliphatic rings. The van der Waals surface area contributed by atoms with Crippen LogP contribution in [0.15, 0.2) is 29.6 Å². The summed E-state index contributed by atoms with van der Waals surface area (Å²) in [4.78, 5) is 16.4. The maximum absolute atomic E-state index is 13.0. The summed E-state index contributed by atoms with van der Waals surface area (Å²) >= 11 is 6.69. The Morgan fingerprint density at radius 2 is 1.93 bits per heavy atom. The molecule has 0 fully saturated rings. The van der Waals surface area contributed by atoms with Gasteiger partial charge in [0.15, 0.2) is 16.5 Å². The Morgan fingerprint density at radius 3 is 2.48 bits per heavy atom. The first-order chi connectivity index (χ1) is 13.6. The highest BCUT2D eigenvalue weighted by atomic mass is 35.5. The van der Waals surface area contributed by atoms with Gasteiger partial charge in [0, 0.05) is 18.0 Å². The zero-order chi connectivity index (χ0) is 21.3. The molecule has 0 spiro atoms. The van der Waals surface area contributed by atoms with Crippen molar-refractivity contribution in [1.82, 2.24) is 14.8 Å². The van der Waals surface area contributed by atoms with Gasteiger partial charge in [0.25, 0.3) is 5.91 Å². The van der Waals surface area contributed by atoms with Crippen molar-refractivity contribution in [2.75, 3.05) is 5.32 Å². The summed E-state index contributed by atoms with van der Waals surface area (Å²) in [5.74, 6) is -0.986. The zero-order valence-electron chi connectivity index (χ0n) is 14.3. The predicted molar refractivity (Wildman–Crippen MR) is 95.4 cm³/mol. The van der Waals surface area contributed by atoms with Crippen LogP contribution >= 0.6 is 22.9 Å². The summed E-state index contributed by atoms with van der Waals surface area (Å²) in [6.07, 6.45) is -4.77. The molecule has 1 amide bonds. The van der Waals surface area contributed by atoms with Crippen LogP contribution in [0.3, 0.4) is 0 Å². The highest BCUT2D eigenvalue weighted by molar-refractivity contribution is 7.14. The number of aryl methyl sites for hydroxylation is 1. The first-order valence-corrected chi connectivity index (χ1v) is 8.94. The van der Waals surface area contributed by atoms with Crippen molar-refractivity contribution < 1.29 is 31.5 Å². The van der Waals surface area contributed by atoms with Gasteiger partial charge in [-0.05, 0) is 24.3 Å². The van der Waals surface area contributed by atoms with Gasteiger partial charge in [0.2, 0.25) is 0 Å². The number of nitrogens with one attached hydrogen (secondary N) is 1. The van der Waals surface area contributed by atoms with Crippen LogP contribution < -0.4 is 10.1 Å². The molecule has 2 heterocycles. The van der Waals surface area contributed by atoms with Gasteiger partial charge >= 0.3 is 12.8 Å². The van der Waals surface area contributed by atoms with E-state index in [2.05, 4.69) is 20.1 Å². The minimum absolute atomic E-state index is 0.0298. The molecule has 0 aliphatic carbocycles. The number of hydrogen-bond donors (Lipinski definition) is 1. The largest absolute Gasteiger partial charge is 0.435 e. The van der Waals surface area contributed by atoms with Gasteiger partial charge in [0.05, 0.1) is 5.69 Å². The lowest BCUT2D eigenvalue weighted by atomic mass is 10.2. The number of hydrogen-bond acceptors (Lipinski definition) is 5. The number of benzene rings is 1. The molecule has 2 aromatic heterocycles. The Labute approximate surface area is 168 Å². The van der Waals surface area contributed by atoms with Gasteiger partial charge < -0.3 is 4.74 Å². The second-order valence-corrected chi connectivity index (χ2v) is 6.76. The van der Waals surface area contributed by atoms with Crippen LogP contribution in [-0.4, -0.2) is 27.3 Å². The fourth-order valence-electron chi connectivity index (χ4n) is 2.38. The molecule has 154 valence electrons. The van der Waals surface area contributed by atoms with Crippen molar-refractivity contribution in [3.8, 4) is 17.0 Å². The number of halogens is 6. The Bertz CT molecular complexity index is 1030. The second-order valence-electron chi connectivity index (χ2n) is 5.53. The molecular formula is C16H10ClF5N4O2S. The molecule has 0 saturated heterocycles. The average molecular weight is 453 g/mol. The molecule has 6 nitrogen and oxygen atoms in total. The number of amides is 1. The van der Waals surface area contributed by atoms with Crippen LogP contribution in [0, 0.1) is 0 Å². The van der Waals surface area contributed by atoms with Crippen molar-refractivity contribution in [3.63, 3.8) is 0 Å². The van der Waals surface area contributed by atoms with Crippen LogP contribution in [0.5, 0.6) is 5.75 Å². The van der Waals surface area contributed by atoms with E-state index >= 15 is 0 Å². The minimum atomic E-state index is -4.77. The van der Waals surface area contributed by atoms with E-state index in [9.17, 15) is 26.7 Å². The van der Waals surface area contributed by atoms with Crippen LogP contribution in [0.2, 0.25) is 5.02 Å². The topological polar surface area (TPSA) is 69.0 Å². The van der Waals surface area contributed by atoms with E-state index in [1.165, 1.54) is 24.3 Å². The number of carbonyl (C=O) groups is 1. The van der Waals surface area contributed by atoms with E-state index in [-0.39, 0.29) is 10.9 Å². The average Bonchev–Trinajstić information content (AvgIpc) is 3.18. The monoisotopic (exact) mass is 452 g/mol. The van der Waals surface area contributed by atoms with Crippen molar-refractivity contribution >= 4 is 34.0 Å². The fourth-order valence-corrected chi connectivity index (χ4v) is 3.45. The number of thiazole rings is 1. The number of ether oxygens (including phenoxy) is 1. The molecule has 13 heteroatoms. The van der Waals surface area contributed by atoms with Crippen molar-refractivity contribution in [2.45, 2.75) is 12.8 Å². The Hall–Kier alpha value is -2.73. The lowest BCUT2D eigenvalue weighted by molar-refractivity contribution is -0.143. The van der Waals surface area contributed by atoms with Gasteiger partial charge in [-0.1, -0.05) is 11.6 Å². The van der Waals surface area contributed by atoms with Crippen LogP contribution in [0.25, 0.3) is 11.3 Å². The maximum Gasteiger partial charge on any atom is 0.434 e. The van der Waals surface area contributed by atoms with Crippen molar-refractivity contribution in [1.29, 1.82) is 0 Å². The summed E-state index contributed by atoms with van der Waals surface area (Å²) < 4.78 is 68.0. The van der Waals surface area contributed by atoms with Crippen LogP contribution in [0.1, 0.15) is 16.2 Å². The third-order valence-electron chi connectivity index (χ3n) is 3.57. The van der Waals surface area contributed by atoms with E-state index in [4.69, 9.17) is 11.6 Å². The normalized spacial score (nSPS) is 11.7. The van der Waals surface area contributed by atoms with E-state index < -0.39 is 35.1 Å². The Morgan fingerprint density at radius 1 is 1.28 bits per heavy atom. The van der Waals surface area contributed by atoms with Gasteiger partial charge in [-0.15, -0.1) is 11.3 Å². The maximum atomic E-state index is 13.0. The number of alkyl halides is 5. The number of aromatic nitrogens is 3. The number of rotatable bonds is 5. The van der Waals surface area contributed by atoms with Crippen LogP contribution in [-0.2, 0) is 13.2 Å². The Balaban J connectivity index is 1.76. The fraction of sp³-hybridized carbons (Fsp3) is 0.188. The molecule has 1 aromatic carbocycles. The smallest absolute Gasteiger partial charge is 0.434 e. The molecule has 29 heavy (non-hydrogen) atoms. The summed E-state index contributed by atoms with van der Waals surface area (Å²) in [5.41, 5.74) is -0.863. The minimum Gasteiger partial charge on any atom is -0.435 e. The van der Waals surface area contributed by atoms with Crippen molar-refractivity contribution in [2.24, 2.45) is 7.05 Å². The molecule has 0 saturated carbocycles. The molecule has 0 bridgehead atoms. The number of anilines is 1. The number of nitrogens with zero attached hydrogens (tertiary/aromatic N) is 3. The summed E-state index contributed by atoms with van der Waals surface area (Å²) in [6, 6.07) is 5.63. The van der Waals surface area contributed by atoms with Crippen molar-refractivity contribution in [3.05, 3.63) is 46.1 Å². The lowest BCUT2D eigenvalue weighted by Crippen LogP contribution is -2.13. The molecular weight excluding hydrogens is 443 g/mol. The second kappa shape index (κ2) is 7.95. The van der Waals surface area contributed by atoms with Crippen LogP contribution in [0.4, 0.5) is 27.1 Å². The summed E-state index contributed by atoms with van der Waals surface area (Å²) in [6.45, 7) is -2.95. The molecule has 3 rings (SSSR count). The third kappa shape index (κ3) is 4.65. The zero-order valence-corrected chi connectivity index (χ0v) is 15.9. The van der Waals surface area contributed by atoms with E-state index in [0.717, 1.165) is 18.4 Å². The highest BCUT2D eigenvalue weighted by Crippen LogP contribution is 2.36. The first kappa shape index (κ1) is 21.0. The van der Waals surface area contributed by atoms with Gasteiger partial charge in [0.1, 0.15) is 10.8 Å². The Kier molecular flexibility index (Phi) is 5.75. The third-order valence-corrected chi connectivity index (χ3v) is 4.69. The van der Waals surface area contributed by atoms with Gasteiger partial charge in [-0.3, -0.25) is 14.8 Å².